The van der Waals surface area contributed by atoms with Crippen molar-refractivity contribution >= 4 is 33.5 Å². The van der Waals surface area contributed by atoms with Crippen LogP contribution < -0.4 is 21.0 Å². The van der Waals surface area contributed by atoms with Crippen LogP contribution in [0, 0.1) is 12.7 Å². The van der Waals surface area contributed by atoms with E-state index < -0.39 is 17.1 Å². The van der Waals surface area contributed by atoms with Gasteiger partial charge in [0.05, 0.1) is 56.4 Å². The SMILES string of the molecule is C=CCN(C)n1c(=O)c2c(C)c(-n3nccn3)sc2n(C=C(OC2CCOCC2)c2cc(F)ccc2OC)c1=O. The summed E-state index contributed by atoms with van der Waals surface area (Å²) < 4.78 is 34.3. The van der Waals surface area contributed by atoms with Crippen molar-refractivity contribution in [1.29, 1.82) is 0 Å². The van der Waals surface area contributed by atoms with E-state index in [4.69, 9.17) is 14.2 Å². The fraction of sp³-hybridized carbons (Fsp3) is 0.333. The number of aryl methyl sites for hydroxylation is 1. The van der Waals surface area contributed by atoms with Gasteiger partial charge < -0.3 is 19.2 Å². The number of hydrogen-bond acceptors (Lipinski definition) is 9. The number of thiophene rings is 1. The maximum absolute atomic E-state index is 14.5. The van der Waals surface area contributed by atoms with Crippen LogP contribution in [-0.4, -0.2) is 64.3 Å². The summed E-state index contributed by atoms with van der Waals surface area (Å²) in [5.74, 6) is 0.0856. The molecule has 0 bridgehead atoms. The topological polar surface area (TPSA) is 106 Å². The Morgan fingerprint density at radius 3 is 2.67 bits per heavy atom. The molecule has 4 aromatic rings. The first-order valence-electron chi connectivity index (χ1n) is 12.6. The van der Waals surface area contributed by atoms with Crippen molar-refractivity contribution < 1.29 is 18.6 Å². The van der Waals surface area contributed by atoms with Crippen molar-refractivity contribution in [2.24, 2.45) is 0 Å². The average Bonchev–Trinajstić information content (AvgIpc) is 3.59. The van der Waals surface area contributed by atoms with Crippen molar-refractivity contribution in [3.63, 3.8) is 0 Å². The third-order valence-electron chi connectivity index (χ3n) is 6.59. The van der Waals surface area contributed by atoms with E-state index in [2.05, 4.69) is 16.8 Å². The van der Waals surface area contributed by atoms with Crippen molar-refractivity contribution in [2.45, 2.75) is 25.9 Å². The maximum Gasteiger partial charge on any atom is 0.355 e. The molecule has 1 aliphatic rings. The molecule has 11 nitrogen and oxygen atoms in total. The first-order chi connectivity index (χ1) is 19.3. The molecule has 1 saturated heterocycles. The number of rotatable bonds is 9. The minimum absolute atomic E-state index is 0.216. The molecule has 1 aliphatic heterocycles. The van der Waals surface area contributed by atoms with Gasteiger partial charge in [-0.3, -0.25) is 9.36 Å². The molecule has 0 aliphatic carbocycles. The number of methoxy groups -OCH3 is 1. The van der Waals surface area contributed by atoms with Gasteiger partial charge in [-0.15, -0.1) is 11.4 Å². The van der Waals surface area contributed by atoms with Crippen LogP contribution in [0.15, 0.2) is 52.8 Å². The van der Waals surface area contributed by atoms with Crippen LogP contribution in [0.1, 0.15) is 24.0 Å². The number of likely N-dealkylation sites (N-methyl/N-ethyl adjacent to an activating group) is 1. The predicted octanol–water partition coefficient (Wildman–Crippen LogP) is 3.17. The monoisotopic (exact) mass is 568 g/mol. The summed E-state index contributed by atoms with van der Waals surface area (Å²) in [7, 11) is 3.10. The van der Waals surface area contributed by atoms with E-state index in [0.717, 1.165) is 4.68 Å². The standard InChI is InChI=1S/C27H29FN6O5S/c1-5-12-31(3)33-24(35)23-17(2)25(34-29-10-11-30-34)40-26(23)32(27(33)36)16-22(39-19-8-13-38-14-9-19)20-15-18(28)6-7-21(20)37-4/h5-7,10-11,15-16,19H,1,8-9,12-14H2,2-4H3. The Morgan fingerprint density at radius 1 is 1.27 bits per heavy atom. The fourth-order valence-corrected chi connectivity index (χ4v) is 5.80. The minimum Gasteiger partial charge on any atom is -0.496 e. The molecule has 1 aromatic carbocycles. The van der Waals surface area contributed by atoms with Crippen LogP contribution in [0.25, 0.3) is 27.2 Å². The Hall–Kier alpha value is -4.23. The Bertz CT molecular complexity index is 1680. The van der Waals surface area contributed by atoms with Crippen molar-refractivity contribution in [3.8, 4) is 10.8 Å². The number of fused-ring (bicyclic) bond motifs is 1. The van der Waals surface area contributed by atoms with Gasteiger partial charge in [-0.05, 0) is 25.1 Å². The molecule has 4 heterocycles. The second-order valence-corrected chi connectivity index (χ2v) is 10.2. The lowest BCUT2D eigenvalue weighted by Gasteiger charge is -2.26. The number of hydrogen-bond donors (Lipinski definition) is 0. The van der Waals surface area contributed by atoms with E-state index in [9.17, 15) is 14.0 Å². The average molecular weight is 569 g/mol. The summed E-state index contributed by atoms with van der Waals surface area (Å²) >= 11 is 1.19. The summed E-state index contributed by atoms with van der Waals surface area (Å²) in [5, 5.41) is 10.8. The molecule has 210 valence electrons. The zero-order valence-corrected chi connectivity index (χ0v) is 23.2. The van der Waals surface area contributed by atoms with Crippen molar-refractivity contribution in [1.82, 2.24) is 24.2 Å². The molecule has 0 saturated carbocycles. The second kappa shape index (κ2) is 11.5. The lowest BCUT2D eigenvalue weighted by molar-refractivity contribution is 0.0139. The molecule has 3 aromatic heterocycles. The molecular formula is C27H29FN6O5S. The molecule has 1 fully saturated rings. The number of benzene rings is 1. The third kappa shape index (κ3) is 5.05. The van der Waals surface area contributed by atoms with Crippen LogP contribution >= 0.6 is 11.3 Å². The van der Waals surface area contributed by atoms with Crippen LogP contribution in [0.2, 0.25) is 0 Å². The summed E-state index contributed by atoms with van der Waals surface area (Å²) in [4.78, 5) is 29.5. The summed E-state index contributed by atoms with van der Waals surface area (Å²) in [5.41, 5.74) is -0.185. The lowest BCUT2D eigenvalue weighted by atomic mass is 10.1. The maximum atomic E-state index is 14.5. The summed E-state index contributed by atoms with van der Waals surface area (Å²) in [6.07, 6.45) is 7.15. The summed E-state index contributed by atoms with van der Waals surface area (Å²) in [6.45, 7) is 6.79. The van der Waals surface area contributed by atoms with Crippen LogP contribution in [-0.2, 0) is 9.47 Å². The first kappa shape index (κ1) is 27.3. The molecule has 40 heavy (non-hydrogen) atoms. The molecule has 0 radical (unpaired) electrons. The van der Waals surface area contributed by atoms with E-state index in [1.165, 1.54) is 69.6 Å². The fourth-order valence-electron chi connectivity index (χ4n) is 4.61. The van der Waals surface area contributed by atoms with E-state index in [1.807, 2.05) is 0 Å². The smallest absolute Gasteiger partial charge is 0.355 e. The Labute approximate surface area is 232 Å². The Morgan fingerprint density at radius 2 is 2.00 bits per heavy atom. The van der Waals surface area contributed by atoms with Gasteiger partial charge >= 0.3 is 5.69 Å². The zero-order valence-electron chi connectivity index (χ0n) is 22.4. The summed E-state index contributed by atoms with van der Waals surface area (Å²) in [6, 6.07) is 4.08. The van der Waals surface area contributed by atoms with E-state index in [-0.39, 0.29) is 18.4 Å². The highest BCUT2D eigenvalue weighted by atomic mass is 32.1. The molecular weight excluding hydrogens is 539 g/mol. The van der Waals surface area contributed by atoms with Crippen LogP contribution in [0.4, 0.5) is 4.39 Å². The van der Waals surface area contributed by atoms with Gasteiger partial charge in [-0.25, -0.2) is 9.18 Å². The molecule has 5 rings (SSSR count). The largest absolute Gasteiger partial charge is 0.496 e. The van der Waals surface area contributed by atoms with Gasteiger partial charge in [0.1, 0.15) is 33.3 Å². The molecule has 0 N–H and O–H groups in total. The molecule has 0 spiro atoms. The van der Waals surface area contributed by atoms with E-state index >= 15 is 0 Å². The van der Waals surface area contributed by atoms with Crippen molar-refractivity contribution in [3.05, 3.63) is 81.0 Å². The van der Waals surface area contributed by atoms with Crippen molar-refractivity contribution in [2.75, 3.05) is 38.9 Å². The number of halogens is 1. The van der Waals surface area contributed by atoms with Gasteiger partial charge in [0.15, 0.2) is 0 Å². The highest BCUT2D eigenvalue weighted by Crippen LogP contribution is 2.34. The first-order valence-corrected chi connectivity index (χ1v) is 13.5. The van der Waals surface area contributed by atoms with Gasteiger partial charge in [-0.1, -0.05) is 17.4 Å². The molecule has 13 heteroatoms. The minimum atomic E-state index is -0.633. The van der Waals surface area contributed by atoms with Gasteiger partial charge in [0.25, 0.3) is 5.56 Å². The number of ether oxygens (including phenoxy) is 3. The Balaban J connectivity index is 1.83. The lowest BCUT2D eigenvalue weighted by Crippen LogP contribution is -2.50. The van der Waals surface area contributed by atoms with E-state index in [1.54, 1.807) is 20.0 Å². The van der Waals surface area contributed by atoms with Gasteiger partial charge in [-0.2, -0.15) is 14.9 Å². The Kier molecular flexibility index (Phi) is 7.85. The predicted molar refractivity (Wildman–Crippen MR) is 151 cm³/mol. The highest BCUT2D eigenvalue weighted by molar-refractivity contribution is 7.21. The van der Waals surface area contributed by atoms with E-state index in [0.29, 0.717) is 58.1 Å². The van der Waals surface area contributed by atoms with Gasteiger partial charge in [0, 0.05) is 25.5 Å². The number of aromatic nitrogens is 5. The van der Waals surface area contributed by atoms with Gasteiger partial charge in [0.2, 0.25) is 0 Å². The van der Waals surface area contributed by atoms with Crippen LogP contribution in [0.3, 0.4) is 0 Å². The third-order valence-corrected chi connectivity index (χ3v) is 7.84. The molecule has 0 atom stereocenters. The quantitative estimate of drug-likeness (QED) is 0.224. The highest BCUT2D eigenvalue weighted by Gasteiger charge is 2.25. The van der Waals surface area contributed by atoms with Crippen LogP contribution in [0.5, 0.6) is 5.75 Å². The molecule has 0 amide bonds. The number of nitrogens with zero attached hydrogens (tertiary/aromatic N) is 6. The second-order valence-electron chi connectivity index (χ2n) is 9.20. The zero-order chi connectivity index (χ0) is 28.4. The normalized spacial score (nSPS) is 14.4. The molecule has 0 unspecified atom stereocenters.